The van der Waals surface area contributed by atoms with Crippen molar-refractivity contribution in [3.63, 3.8) is 0 Å². The number of benzene rings is 2. The maximum Gasteiger partial charge on any atom is 0.354 e. The van der Waals surface area contributed by atoms with Crippen LogP contribution in [0.3, 0.4) is 0 Å². The second-order valence-corrected chi connectivity index (χ2v) is 8.15. The molecule has 0 atom stereocenters. The van der Waals surface area contributed by atoms with E-state index in [2.05, 4.69) is 5.32 Å². The molecule has 2 heterocycles. The Kier molecular flexibility index (Phi) is 6.44. The summed E-state index contributed by atoms with van der Waals surface area (Å²) in [4.78, 5) is 39.4. The summed E-state index contributed by atoms with van der Waals surface area (Å²) in [6.45, 7) is 2.98. The van der Waals surface area contributed by atoms with E-state index in [0.717, 1.165) is 10.9 Å². The predicted octanol–water partition coefficient (Wildman–Crippen LogP) is 4.62. The Morgan fingerprint density at radius 2 is 1.76 bits per heavy atom. The van der Waals surface area contributed by atoms with Crippen molar-refractivity contribution in [1.82, 2.24) is 9.47 Å². The van der Waals surface area contributed by atoms with Gasteiger partial charge >= 0.3 is 12.0 Å². The van der Waals surface area contributed by atoms with Gasteiger partial charge in [0.15, 0.2) is 5.78 Å². The van der Waals surface area contributed by atoms with E-state index in [9.17, 15) is 18.8 Å². The summed E-state index contributed by atoms with van der Waals surface area (Å²) in [5, 5.41) is 3.56. The average molecular weight is 451 g/mol. The highest BCUT2D eigenvalue weighted by Crippen LogP contribution is 2.26. The van der Waals surface area contributed by atoms with Crippen LogP contribution in [-0.2, 0) is 11.8 Å². The Morgan fingerprint density at radius 3 is 2.42 bits per heavy atom. The number of hydrogen-bond donors (Lipinski definition) is 1. The first-order valence-corrected chi connectivity index (χ1v) is 11.0. The molecule has 1 aliphatic rings. The molecular weight excluding hydrogens is 425 g/mol. The number of nitrogens with zero attached hydrogens (tertiary/aromatic N) is 2. The number of urea groups is 1. The van der Waals surface area contributed by atoms with Crippen LogP contribution in [0.15, 0.2) is 48.5 Å². The van der Waals surface area contributed by atoms with E-state index in [0.29, 0.717) is 49.5 Å². The van der Waals surface area contributed by atoms with E-state index >= 15 is 0 Å². The molecule has 4 rings (SSSR count). The van der Waals surface area contributed by atoms with E-state index in [1.807, 2.05) is 12.1 Å². The molecule has 1 saturated heterocycles. The molecule has 0 radical (unpaired) electrons. The molecule has 8 heteroatoms. The van der Waals surface area contributed by atoms with Crippen molar-refractivity contribution < 1.29 is 23.5 Å². The predicted molar refractivity (Wildman–Crippen MR) is 123 cm³/mol. The van der Waals surface area contributed by atoms with Gasteiger partial charge in [0.05, 0.1) is 6.61 Å². The summed E-state index contributed by atoms with van der Waals surface area (Å²) in [6, 6.07) is 12.5. The number of amides is 2. The van der Waals surface area contributed by atoms with Gasteiger partial charge in [-0.05, 0) is 68.3 Å². The lowest BCUT2D eigenvalue weighted by atomic mass is 9.88. The molecule has 0 bridgehead atoms. The number of ether oxygens (including phenoxy) is 1. The monoisotopic (exact) mass is 451 g/mol. The normalized spacial score (nSPS) is 14.3. The zero-order valence-corrected chi connectivity index (χ0v) is 18.6. The third kappa shape index (κ3) is 4.74. The van der Waals surface area contributed by atoms with Crippen molar-refractivity contribution in [2.75, 3.05) is 25.0 Å². The zero-order valence-electron chi connectivity index (χ0n) is 18.6. The van der Waals surface area contributed by atoms with E-state index in [1.165, 1.54) is 24.3 Å². The Morgan fingerprint density at radius 1 is 1.06 bits per heavy atom. The standard InChI is InChI=1S/C25H26FN3O4/c1-3-33-24(31)22-15-18-14-17(4-9-21(18)28(22)2)23(30)16-10-12-29(13-11-16)25(32)27-20-7-5-19(26)6-8-20/h4-9,14-16H,3,10-13H2,1-2H3,(H,27,32). The van der Waals surface area contributed by atoms with Gasteiger partial charge < -0.3 is 19.5 Å². The number of esters is 1. The lowest BCUT2D eigenvalue weighted by Gasteiger charge is -2.31. The summed E-state index contributed by atoms with van der Waals surface area (Å²) in [7, 11) is 1.79. The quantitative estimate of drug-likeness (QED) is 0.453. The van der Waals surface area contributed by atoms with Crippen LogP contribution in [-0.4, -0.2) is 46.9 Å². The van der Waals surface area contributed by atoms with Crippen molar-refractivity contribution in [3.8, 4) is 0 Å². The molecule has 0 spiro atoms. The molecular formula is C25H26FN3O4. The smallest absolute Gasteiger partial charge is 0.354 e. The molecule has 3 aromatic rings. The number of carbonyl (C=O) groups excluding carboxylic acids is 3. The Balaban J connectivity index is 1.40. The second-order valence-electron chi connectivity index (χ2n) is 8.15. The number of nitrogens with one attached hydrogen (secondary N) is 1. The third-order valence-electron chi connectivity index (χ3n) is 6.06. The molecule has 1 aromatic heterocycles. The highest BCUT2D eigenvalue weighted by molar-refractivity contribution is 6.03. The molecule has 0 unspecified atom stereocenters. The molecule has 33 heavy (non-hydrogen) atoms. The molecule has 0 aliphatic carbocycles. The van der Waals surface area contributed by atoms with Crippen LogP contribution in [0, 0.1) is 11.7 Å². The second kappa shape index (κ2) is 9.44. The van der Waals surface area contributed by atoms with Gasteiger partial charge in [0, 0.05) is 48.2 Å². The van der Waals surface area contributed by atoms with Crippen molar-refractivity contribution in [2.24, 2.45) is 13.0 Å². The molecule has 172 valence electrons. The summed E-state index contributed by atoms with van der Waals surface area (Å²) < 4.78 is 19.9. The molecule has 0 saturated carbocycles. The fourth-order valence-electron chi connectivity index (χ4n) is 4.22. The number of likely N-dealkylation sites (tertiary alicyclic amines) is 1. The Bertz CT molecular complexity index is 1190. The van der Waals surface area contributed by atoms with E-state index in [1.54, 1.807) is 35.6 Å². The first-order chi connectivity index (χ1) is 15.9. The van der Waals surface area contributed by atoms with Crippen LogP contribution in [0.25, 0.3) is 10.9 Å². The highest BCUT2D eigenvalue weighted by atomic mass is 19.1. The molecule has 2 amide bonds. The summed E-state index contributed by atoms with van der Waals surface area (Å²) >= 11 is 0. The van der Waals surface area contributed by atoms with Crippen LogP contribution in [0.5, 0.6) is 0 Å². The molecule has 1 N–H and O–H groups in total. The number of carbonyl (C=O) groups is 3. The van der Waals surface area contributed by atoms with E-state index in [-0.39, 0.29) is 23.5 Å². The minimum atomic E-state index is -0.393. The van der Waals surface area contributed by atoms with Gasteiger partial charge in [-0.25, -0.2) is 14.0 Å². The average Bonchev–Trinajstić information content (AvgIpc) is 3.16. The van der Waals surface area contributed by atoms with Crippen LogP contribution < -0.4 is 5.32 Å². The van der Waals surface area contributed by atoms with Gasteiger partial charge in [0.2, 0.25) is 0 Å². The van der Waals surface area contributed by atoms with Crippen LogP contribution in [0.2, 0.25) is 0 Å². The fourth-order valence-corrected chi connectivity index (χ4v) is 4.22. The number of aryl methyl sites for hydroxylation is 1. The lowest BCUT2D eigenvalue weighted by molar-refractivity contribution is 0.0515. The molecule has 7 nitrogen and oxygen atoms in total. The molecule has 1 aliphatic heterocycles. The number of Topliss-reactive ketones (excluding diaryl/α,β-unsaturated/α-hetero) is 1. The maximum absolute atomic E-state index is 13.1. The Hall–Kier alpha value is -3.68. The minimum Gasteiger partial charge on any atom is -0.461 e. The molecule has 1 fully saturated rings. The number of anilines is 1. The Labute approximate surface area is 191 Å². The summed E-state index contributed by atoms with van der Waals surface area (Å²) in [5.74, 6) is -0.893. The van der Waals surface area contributed by atoms with Crippen LogP contribution in [0.4, 0.5) is 14.9 Å². The first kappa shape index (κ1) is 22.5. The van der Waals surface area contributed by atoms with Gasteiger partial charge in [0.1, 0.15) is 11.5 Å². The van der Waals surface area contributed by atoms with Crippen molar-refractivity contribution >= 4 is 34.4 Å². The number of aromatic nitrogens is 1. The van der Waals surface area contributed by atoms with E-state index < -0.39 is 5.97 Å². The third-order valence-corrected chi connectivity index (χ3v) is 6.06. The number of fused-ring (bicyclic) bond motifs is 1. The topological polar surface area (TPSA) is 80.6 Å². The van der Waals surface area contributed by atoms with Gasteiger partial charge in [-0.3, -0.25) is 4.79 Å². The van der Waals surface area contributed by atoms with Gasteiger partial charge in [-0.2, -0.15) is 0 Å². The van der Waals surface area contributed by atoms with Gasteiger partial charge in [0.25, 0.3) is 0 Å². The number of ketones is 1. The zero-order chi connectivity index (χ0) is 23.5. The fraction of sp³-hybridized carbons (Fsp3) is 0.320. The van der Waals surface area contributed by atoms with Crippen LogP contribution >= 0.6 is 0 Å². The van der Waals surface area contributed by atoms with E-state index in [4.69, 9.17) is 4.74 Å². The van der Waals surface area contributed by atoms with Gasteiger partial charge in [-0.1, -0.05) is 0 Å². The summed E-state index contributed by atoms with van der Waals surface area (Å²) in [5.41, 5.74) is 2.41. The van der Waals surface area contributed by atoms with Crippen LogP contribution in [0.1, 0.15) is 40.6 Å². The largest absolute Gasteiger partial charge is 0.461 e. The summed E-state index contributed by atoms with van der Waals surface area (Å²) in [6.07, 6.45) is 1.13. The maximum atomic E-state index is 13.1. The number of halogens is 1. The highest BCUT2D eigenvalue weighted by Gasteiger charge is 2.28. The lowest BCUT2D eigenvalue weighted by Crippen LogP contribution is -2.42. The van der Waals surface area contributed by atoms with Crippen molar-refractivity contribution in [3.05, 3.63) is 65.6 Å². The number of rotatable bonds is 5. The van der Waals surface area contributed by atoms with Crippen molar-refractivity contribution in [2.45, 2.75) is 19.8 Å². The minimum absolute atomic E-state index is 0.0389. The first-order valence-electron chi connectivity index (χ1n) is 11.0. The SMILES string of the molecule is CCOC(=O)c1cc2cc(C(=O)C3CCN(C(=O)Nc4ccc(F)cc4)CC3)ccc2n1C. The van der Waals surface area contributed by atoms with Gasteiger partial charge in [-0.15, -0.1) is 0 Å². The number of piperidine rings is 1. The molecule has 2 aromatic carbocycles. The number of hydrogen-bond acceptors (Lipinski definition) is 4. The van der Waals surface area contributed by atoms with Crippen molar-refractivity contribution in [1.29, 1.82) is 0 Å².